The maximum Gasteiger partial charge on any atom is 0.138 e. The van der Waals surface area contributed by atoms with Gasteiger partial charge in [0.15, 0.2) is 0 Å². The zero-order valence-corrected chi connectivity index (χ0v) is 18.7. The third-order valence-corrected chi connectivity index (χ3v) is 5.93. The first-order valence-electron chi connectivity index (χ1n) is 10.3. The minimum Gasteiger partial charge on any atom is -0.284 e. The summed E-state index contributed by atoms with van der Waals surface area (Å²) >= 11 is 0. The number of benzene rings is 2. The highest BCUT2D eigenvalue weighted by atomic mass is 19.1. The van der Waals surface area contributed by atoms with E-state index in [0.29, 0.717) is 11.1 Å². The van der Waals surface area contributed by atoms with E-state index in [1.165, 1.54) is 0 Å². The Labute approximate surface area is 183 Å². The van der Waals surface area contributed by atoms with Gasteiger partial charge in [0, 0.05) is 28.9 Å². The van der Waals surface area contributed by atoms with Crippen LogP contribution in [0.1, 0.15) is 48.6 Å². The Bertz CT molecular complexity index is 1080. The molecule has 0 aliphatic heterocycles. The molecule has 5 heteroatoms. The first-order valence-corrected chi connectivity index (χ1v) is 10.3. The number of halogens is 1. The minimum absolute atomic E-state index is 0.142. The van der Waals surface area contributed by atoms with Gasteiger partial charge in [-0.3, -0.25) is 20.7 Å². The molecule has 0 radical (unpaired) electrons. The van der Waals surface area contributed by atoms with Crippen LogP contribution >= 0.6 is 0 Å². The highest BCUT2D eigenvalue weighted by Gasteiger charge is 2.33. The number of aryl methyl sites for hydroxylation is 2. The molecule has 0 spiro atoms. The highest BCUT2D eigenvalue weighted by Crippen LogP contribution is 2.34. The van der Waals surface area contributed by atoms with E-state index in [2.05, 4.69) is 4.98 Å². The third-order valence-electron chi connectivity index (χ3n) is 5.93. The lowest BCUT2D eigenvalue weighted by molar-refractivity contribution is 0.237. The Morgan fingerprint density at radius 1 is 0.903 bits per heavy atom. The number of amidine groups is 2. The monoisotopic (exact) mass is 416 g/mol. The van der Waals surface area contributed by atoms with Crippen LogP contribution in [0.25, 0.3) is 0 Å². The molecule has 1 atom stereocenters. The zero-order valence-electron chi connectivity index (χ0n) is 18.7. The van der Waals surface area contributed by atoms with Crippen molar-refractivity contribution in [1.29, 1.82) is 10.8 Å². The van der Waals surface area contributed by atoms with Crippen molar-refractivity contribution in [2.45, 2.75) is 46.2 Å². The first-order chi connectivity index (χ1) is 14.7. The summed E-state index contributed by atoms with van der Waals surface area (Å²) in [5.41, 5.74) is 3.92. The van der Waals surface area contributed by atoms with Gasteiger partial charge in [0.25, 0.3) is 0 Å². The summed E-state index contributed by atoms with van der Waals surface area (Å²) in [5.74, 6) is 0.314. The number of anilines is 1. The number of hydrogen-bond acceptors (Lipinski definition) is 3. The second kappa shape index (κ2) is 8.80. The zero-order chi connectivity index (χ0) is 22.8. The summed E-state index contributed by atoms with van der Waals surface area (Å²) in [7, 11) is 0. The number of para-hydroxylation sites is 1. The van der Waals surface area contributed by atoms with Gasteiger partial charge in [0.1, 0.15) is 17.8 Å². The maximum atomic E-state index is 14.6. The number of hydrogen-bond donors (Lipinski definition) is 2. The van der Waals surface area contributed by atoms with Crippen LogP contribution < -0.4 is 4.90 Å². The van der Waals surface area contributed by atoms with Crippen LogP contribution in [0.2, 0.25) is 0 Å². The molecule has 1 heterocycles. The summed E-state index contributed by atoms with van der Waals surface area (Å²) in [4.78, 5) is 5.70. The Morgan fingerprint density at radius 3 is 2.06 bits per heavy atom. The van der Waals surface area contributed by atoms with E-state index in [1.54, 1.807) is 36.4 Å². The predicted octanol–water partition coefficient (Wildman–Crippen LogP) is 6.19. The van der Waals surface area contributed by atoms with Gasteiger partial charge in [0.2, 0.25) is 0 Å². The molecular weight excluding hydrogens is 387 g/mol. The van der Waals surface area contributed by atoms with E-state index in [4.69, 9.17) is 5.41 Å². The summed E-state index contributed by atoms with van der Waals surface area (Å²) in [6, 6.07) is 16.9. The topological polar surface area (TPSA) is 63.8 Å². The standard InChI is InChI=1S/C26H29FN4/c1-17-9-8-10-18(2)23(17)31(24(28)20-13-15-30-16-14-20)25(29)21-11-6-7-12-22(21)26(4,5)19(3)27/h6-16,19,28-29H,1-5H3/t19-/m1/s1. The quantitative estimate of drug-likeness (QED) is 0.385. The SMILES string of the molecule is Cc1cccc(C)c1N(C(=N)c1ccncc1)C(=N)c1ccccc1C(C)(C)[C@@H](C)F. The van der Waals surface area contributed by atoms with Crippen molar-refractivity contribution in [3.8, 4) is 0 Å². The van der Waals surface area contributed by atoms with Crippen molar-refractivity contribution < 1.29 is 4.39 Å². The smallest absolute Gasteiger partial charge is 0.138 e. The van der Waals surface area contributed by atoms with Crippen LogP contribution in [0, 0.1) is 24.7 Å². The molecule has 0 amide bonds. The van der Waals surface area contributed by atoms with E-state index in [1.807, 2.05) is 70.2 Å². The molecule has 4 nitrogen and oxygen atoms in total. The molecule has 0 bridgehead atoms. The van der Waals surface area contributed by atoms with E-state index in [0.717, 1.165) is 22.4 Å². The van der Waals surface area contributed by atoms with E-state index in [9.17, 15) is 9.80 Å². The number of rotatable bonds is 5. The lowest BCUT2D eigenvalue weighted by Crippen LogP contribution is -2.40. The molecule has 2 aromatic carbocycles. The van der Waals surface area contributed by atoms with E-state index >= 15 is 0 Å². The minimum atomic E-state index is -1.10. The first kappa shape index (κ1) is 22.3. The van der Waals surface area contributed by atoms with Gasteiger partial charge in [-0.1, -0.05) is 56.3 Å². The van der Waals surface area contributed by atoms with Crippen LogP contribution in [0.3, 0.4) is 0 Å². The normalized spacial score (nSPS) is 12.3. The number of pyridine rings is 1. The number of alkyl halides is 1. The molecule has 1 aromatic heterocycles. The molecule has 0 saturated heterocycles. The van der Waals surface area contributed by atoms with Crippen LogP contribution in [0.15, 0.2) is 67.0 Å². The van der Waals surface area contributed by atoms with Crippen molar-refractivity contribution in [2.75, 3.05) is 4.90 Å². The number of nitrogens with one attached hydrogen (secondary N) is 2. The molecule has 160 valence electrons. The third kappa shape index (κ3) is 4.26. The summed E-state index contributed by atoms with van der Waals surface area (Å²) < 4.78 is 14.6. The average Bonchev–Trinajstić information content (AvgIpc) is 2.76. The maximum absolute atomic E-state index is 14.6. The van der Waals surface area contributed by atoms with E-state index in [-0.39, 0.29) is 11.7 Å². The number of aromatic nitrogens is 1. The van der Waals surface area contributed by atoms with Crippen molar-refractivity contribution in [1.82, 2.24) is 4.98 Å². The second-order valence-electron chi connectivity index (χ2n) is 8.39. The van der Waals surface area contributed by atoms with Crippen molar-refractivity contribution in [3.63, 3.8) is 0 Å². The molecule has 31 heavy (non-hydrogen) atoms. The van der Waals surface area contributed by atoms with Crippen LogP contribution in [0.5, 0.6) is 0 Å². The summed E-state index contributed by atoms with van der Waals surface area (Å²) in [6.07, 6.45) is 2.17. The van der Waals surface area contributed by atoms with Gasteiger partial charge in [-0.2, -0.15) is 0 Å². The van der Waals surface area contributed by atoms with Crippen LogP contribution in [-0.2, 0) is 5.41 Å². The van der Waals surface area contributed by atoms with E-state index < -0.39 is 11.6 Å². The largest absolute Gasteiger partial charge is 0.284 e. The lowest BCUT2D eigenvalue weighted by atomic mass is 9.78. The molecule has 0 aliphatic carbocycles. The fourth-order valence-corrected chi connectivity index (χ4v) is 3.72. The summed E-state index contributed by atoms with van der Waals surface area (Å²) in [6.45, 7) is 9.19. The average molecular weight is 417 g/mol. The number of nitrogens with zero attached hydrogens (tertiary/aromatic N) is 2. The molecular formula is C26H29FN4. The van der Waals surface area contributed by atoms with Gasteiger partial charge in [0.05, 0.1) is 5.69 Å². The fraction of sp³-hybridized carbons (Fsp3) is 0.269. The van der Waals surface area contributed by atoms with Crippen LogP contribution in [-0.4, -0.2) is 22.8 Å². The van der Waals surface area contributed by atoms with Gasteiger partial charge in [-0.25, -0.2) is 4.39 Å². The highest BCUT2D eigenvalue weighted by molar-refractivity contribution is 6.28. The molecule has 3 rings (SSSR count). The second-order valence-corrected chi connectivity index (χ2v) is 8.39. The fourth-order valence-electron chi connectivity index (χ4n) is 3.72. The van der Waals surface area contributed by atoms with Crippen molar-refractivity contribution >= 4 is 17.4 Å². The Kier molecular flexibility index (Phi) is 6.34. The van der Waals surface area contributed by atoms with Gasteiger partial charge >= 0.3 is 0 Å². The lowest BCUT2D eigenvalue weighted by Gasteiger charge is -2.33. The van der Waals surface area contributed by atoms with Gasteiger partial charge < -0.3 is 0 Å². The predicted molar refractivity (Wildman–Crippen MR) is 126 cm³/mol. The van der Waals surface area contributed by atoms with Gasteiger partial charge in [-0.05, 0) is 49.6 Å². The van der Waals surface area contributed by atoms with Crippen molar-refractivity contribution in [2.24, 2.45) is 0 Å². The van der Waals surface area contributed by atoms with Gasteiger partial charge in [-0.15, -0.1) is 0 Å². The molecule has 0 fully saturated rings. The summed E-state index contributed by atoms with van der Waals surface area (Å²) in [5, 5.41) is 18.2. The van der Waals surface area contributed by atoms with Crippen molar-refractivity contribution in [3.05, 3.63) is 94.8 Å². The molecule has 0 unspecified atom stereocenters. The molecule has 3 aromatic rings. The molecule has 0 saturated carbocycles. The molecule has 2 N–H and O–H groups in total. The Balaban J connectivity index is 2.23. The van der Waals surface area contributed by atoms with Crippen LogP contribution in [0.4, 0.5) is 10.1 Å². The Hall–Kier alpha value is -3.34. The Morgan fingerprint density at radius 2 is 1.48 bits per heavy atom. The molecule has 0 aliphatic rings.